The summed E-state index contributed by atoms with van der Waals surface area (Å²) >= 11 is 0. The predicted octanol–water partition coefficient (Wildman–Crippen LogP) is -1.13. The molecule has 2 aliphatic rings. The van der Waals surface area contributed by atoms with Gasteiger partial charge in [0.25, 0.3) is 0 Å². The van der Waals surface area contributed by atoms with Crippen LogP contribution in [0, 0.1) is 5.92 Å². The molecular formula is C9H19N3O. The molecule has 2 saturated heterocycles. The first-order valence-electron chi connectivity index (χ1n) is 5.14. The molecule has 2 heterocycles. The van der Waals surface area contributed by atoms with Crippen molar-refractivity contribution in [1.29, 1.82) is 0 Å². The highest BCUT2D eigenvalue weighted by molar-refractivity contribution is 4.86. The summed E-state index contributed by atoms with van der Waals surface area (Å²) in [6, 6.07) is 0.576. The third-order valence-electron chi connectivity index (χ3n) is 3.09. The van der Waals surface area contributed by atoms with Crippen molar-refractivity contribution >= 4 is 0 Å². The molecule has 0 unspecified atom stereocenters. The van der Waals surface area contributed by atoms with Crippen molar-refractivity contribution < 1.29 is 4.74 Å². The lowest BCUT2D eigenvalue weighted by molar-refractivity contribution is 0.129. The fourth-order valence-electron chi connectivity index (χ4n) is 2.23. The lowest BCUT2D eigenvalue weighted by Crippen LogP contribution is -2.51. The monoisotopic (exact) mass is 185 g/mol. The van der Waals surface area contributed by atoms with Gasteiger partial charge >= 0.3 is 0 Å². The number of nitrogens with zero attached hydrogens (tertiary/aromatic N) is 1. The van der Waals surface area contributed by atoms with Crippen molar-refractivity contribution in [3.8, 4) is 0 Å². The molecule has 2 atom stereocenters. The first-order chi connectivity index (χ1) is 6.42. The Morgan fingerprint density at radius 2 is 2.08 bits per heavy atom. The van der Waals surface area contributed by atoms with Gasteiger partial charge in [-0.1, -0.05) is 0 Å². The van der Waals surface area contributed by atoms with Crippen LogP contribution in [0.15, 0.2) is 0 Å². The van der Waals surface area contributed by atoms with Gasteiger partial charge < -0.3 is 15.8 Å². The average molecular weight is 185 g/mol. The van der Waals surface area contributed by atoms with Crippen LogP contribution in [0.1, 0.15) is 0 Å². The van der Waals surface area contributed by atoms with Crippen LogP contribution in [0.5, 0.6) is 0 Å². The average Bonchev–Trinajstić information content (AvgIpc) is 2.67. The highest BCUT2D eigenvalue weighted by atomic mass is 16.5. The van der Waals surface area contributed by atoms with E-state index in [1.807, 2.05) is 0 Å². The van der Waals surface area contributed by atoms with Gasteiger partial charge in [0.1, 0.15) is 0 Å². The van der Waals surface area contributed by atoms with Crippen molar-refractivity contribution in [3.05, 3.63) is 0 Å². The Hall–Kier alpha value is -0.160. The standard InChI is InChI=1S/C9H19N3O/c10-5-8-6-13-7-9(8)12-3-1-11-2-4-12/h8-9,11H,1-7,10H2/t8-,9-/m1/s1. The maximum absolute atomic E-state index is 5.71. The van der Waals surface area contributed by atoms with Crippen LogP contribution in [0.25, 0.3) is 0 Å². The molecule has 2 fully saturated rings. The molecule has 0 amide bonds. The summed E-state index contributed by atoms with van der Waals surface area (Å²) < 4.78 is 5.47. The van der Waals surface area contributed by atoms with Gasteiger partial charge in [0, 0.05) is 38.1 Å². The minimum atomic E-state index is 0.554. The van der Waals surface area contributed by atoms with Crippen molar-refractivity contribution in [1.82, 2.24) is 10.2 Å². The van der Waals surface area contributed by atoms with Gasteiger partial charge in [-0.05, 0) is 6.54 Å². The molecule has 4 heteroatoms. The van der Waals surface area contributed by atoms with Crippen molar-refractivity contribution in [3.63, 3.8) is 0 Å². The van der Waals surface area contributed by atoms with E-state index < -0.39 is 0 Å². The lowest BCUT2D eigenvalue weighted by Gasteiger charge is -2.34. The van der Waals surface area contributed by atoms with Crippen LogP contribution in [0.2, 0.25) is 0 Å². The fourth-order valence-corrected chi connectivity index (χ4v) is 2.23. The summed E-state index contributed by atoms with van der Waals surface area (Å²) in [5, 5.41) is 3.36. The molecule has 0 aliphatic carbocycles. The van der Waals surface area contributed by atoms with E-state index >= 15 is 0 Å². The normalized spacial score (nSPS) is 36.7. The number of nitrogens with two attached hydrogens (primary N) is 1. The smallest absolute Gasteiger partial charge is 0.0626 e. The van der Waals surface area contributed by atoms with E-state index in [9.17, 15) is 0 Å². The van der Waals surface area contributed by atoms with Crippen molar-refractivity contribution in [2.45, 2.75) is 6.04 Å². The van der Waals surface area contributed by atoms with Gasteiger partial charge in [0.2, 0.25) is 0 Å². The molecule has 0 saturated carbocycles. The Bertz CT molecular complexity index is 159. The van der Waals surface area contributed by atoms with E-state index in [4.69, 9.17) is 10.5 Å². The molecular weight excluding hydrogens is 166 g/mol. The molecule has 0 bridgehead atoms. The second-order valence-electron chi connectivity index (χ2n) is 3.89. The van der Waals surface area contributed by atoms with Crippen molar-refractivity contribution in [2.75, 3.05) is 45.9 Å². The maximum Gasteiger partial charge on any atom is 0.0626 e. The van der Waals surface area contributed by atoms with Gasteiger partial charge in [-0.2, -0.15) is 0 Å². The van der Waals surface area contributed by atoms with Crippen molar-refractivity contribution in [2.24, 2.45) is 11.7 Å². The highest BCUT2D eigenvalue weighted by Crippen LogP contribution is 2.18. The third-order valence-corrected chi connectivity index (χ3v) is 3.09. The van der Waals surface area contributed by atoms with Gasteiger partial charge in [0.05, 0.1) is 13.2 Å². The molecule has 0 radical (unpaired) electrons. The lowest BCUT2D eigenvalue weighted by atomic mass is 10.0. The van der Waals surface area contributed by atoms with E-state index in [1.54, 1.807) is 0 Å². The summed E-state index contributed by atoms with van der Waals surface area (Å²) in [4.78, 5) is 2.51. The zero-order valence-corrected chi connectivity index (χ0v) is 8.04. The molecule has 4 nitrogen and oxygen atoms in total. The number of hydrogen-bond donors (Lipinski definition) is 2. The zero-order chi connectivity index (χ0) is 9.10. The van der Waals surface area contributed by atoms with Crippen LogP contribution < -0.4 is 11.1 Å². The quantitative estimate of drug-likeness (QED) is 0.571. The van der Waals surface area contributed by atoms with Crippen LogP contribution in [0.4, 0.5) is 0 Å². The van der Waals surface area contributed by atoms with E-state index in [2.05, 4.69) is 10.2 Å². The molecule has 0 aromatic heterocycles. The topological polar surface area (TPSA) is 50.5 Å². The van der Waals surface area contributed by atoms with E-state index in [1.165, 1.54) is 0 Å². The summed E-state index contributed by atoms with van der Waals surface area (Å²) in [5.41, 5.74) is 5.71. The van der Waals surface area contributed by atoms with Crippen LogP contribution in [0.3, 0.4) is 0 Å². The SMILES string of the molecule is NC[C@@H]1COC[C@H]1N1CCNCC1. The predicted molar refractivity (Wildman–Crippen MR) is 51.6 cm³/mol. The Morgan fingerprint density at radius 3 is 2.77 bits per heavy atom. The Balaban J connectivity index is 1.90. The molecule has 2 aliphatic heterocycles. The minimum Gasteiger partial charge on any atom is -0.379 e. The Labute approximate surface area is 79.4 Å². The van der Waals surface area contributed by atoms with Gasteiger partial charge in [-0.25, -0.2) is 0 Å². The summed E-state index contributed by atoms with van der Waals surface area (Å²) in [6.45, 7) is 6.98. The number of ether oxygens (including phenoxy) is 1. The second kappa shape index (κ2) is 4.37. The Morgan fingerprint density at radius 1 is 1.31 bits per heavy atom. The van der Waals surface area contributed by atoms with Gasteiger partial charge in [0.15, 0.2) is 0 Å². The molecule has 13 heavy (non-hydrogen) atoms. The number of piperazine rings is 1. The molecule has 0 aromatic carbocycles. The van der Waals surface area contributed by atoms with Gasteiger partial charge in [-0.15, -0.1) is 0 Å². The van der Waals surface area contributed by atoms with E-state index in [-0.39, 0.29) is 0 Å². The number of hydrogen-bond acceptors (Lipinski definition) is 4. The van der Waals surface area contributed by atoms with Crippen LogP contribution >= 0.6 is 0 Å². The van der Waals surface area contributed by atoms with Crippen LogP contribution in [-0.2, 0) is 4.74 Å². The maximum atomic E-state index is 5.71. The van der Waals surface area contributed by atoms with E-state index in [0.29, 0.717) is 12.0 Å². The van der Waals surface area contributed by atoms with Gasteiger partial charge in [-0.3, -0.25) is 4.90 Å². The fraction of sp³-hybridized carbons (Fsp3) is 1.00. The largest absolute Gasteiger partial charge is 0.379 e. The minimum absolute atomic E-state index is 0.554. The first-order valence-corrected chi connectivity index (χ1v) is 5.14. The molecule has 2 rings (SSSR count). The highest BCUT2D eigenvalue weighted by Gasteiger charge is 2.32. The molecule has 76 valence electrons. The number of rotatable bonds is 2. The summed E-state index contributed by atoms with van der Waals surface area (Å²) in [5.74, 6) is 0.554. The molecule has 3 N–H and O–H groups in total. The third kappa shape index (κ3) is 2.02. The first kappa shape index (κ1) is 9.40. The zero-order valence-electron chi connectivity index (χ0n) is 8.04. The molecule has 0 spiro atoms. The summed E-state index contributed by atoms with van der Waals surface area (Å²) in [7, 11) is 0. The van der Waals surface area contributed by atoms with Crippen LogP contribution in [-0.4, -0.2) is 56.9 Å². The number of nitrogens with one attached hydrogen (secondary N) is 1. The summed E-state index contributed by atoms with van der Waals surface area (Å²) in [6.07, 6.45) is 0. The molecule has 0 aromatic rings. The van der Waals surface area contributed by atoms with E-state index in [0.717, 1.165) is 45.9 Å². The second-order valence-corrected chi connectivity index (χ2v) is 3.89. The Kier molecular flexibility index (Phi) is 3.16.